The van der Waals surface area contributed by atoms with Crippen LogP contribution in [-0.2, 0) is 16.4 Å². The Morgan fingerprint density at radius 1 is 1.21 bits per heavy atom. The molecule has 1 aromatic rings. The van der Waals surface area contributed by atoms with E-state index in [0.717, 1.165) is 12.0 Å². The molecule has 0 fully saturated rings. The van der Waals surface area contributed by atoms with Gasteiger partial charge in [-0.05, 0) is 37.1 Å². The molecule has 0 aliphatic carbocycles. The summed E-state index contributed by atoms with van der Waals surface area (Å²) in [6.45, 7) is 2.81. The highest BCUT2D eigenvalue weighted by Crippen LogP contribution is 2.16. The van der Waals surface area contributed by atoms with Gasteiger partial charge in [0.05, 0.1) is 11.5 Å². The van der Waals surface area contributed by atoms with Gasteiger partial charge in [0, 0.05) is 13.1 Å². The van der Waals surface area contributed by atoms with E-state index in [-0.39, 0.29) is 18.0 Å². The van der Waals surface area contributed by atoms with Crippen molar-refractivity contribution in [3.63, 3.8) is 0 Å². The van der Waals surface area contributed by atoms with Crippen molar-refractivity contribution in [1.29, 1.82) is 0 Å². The summed E-state index contributed by atoms with van der Waals surface area (Å²) < 4.78 is 26.1. The molecule has 0 amide bonds. The largest absolute Gasteiger partial charge is 0.395 e. The van der Waals surface area contributed by atoms with E-state index >= 15 is 0 Å². The molecule has 5 nitrogen and oxygen atoms in total. The molecule has 19 heavy (non-hydrogen) atoms. The third kappa shape index (κ3) is 4.28. The highest BCUT2D eigenvalue weighted by atomic mass is 32.2. The monoisotopic (exact) mass is 286 g/mol. The molecule has 3 N–H and O–H groups in total. The van der Waals surface area contributed by atoms with Crippen LogP contribution in [0.15, 0.2) is 29.2 Å². The minimum Gasteiger partial charge on any atom is -0.395 e. The number of hydrogen-bond acceptors (Lipinski definition) is 4. The molecule has 0 aliphatic heterocycles. The number of rotatable bonds is 8. The number of nitrogens with two attached hydrogens (primary N) is 1. The summed E-state index contributed by atoms with van der Waals surface area (Å²) in [5.74, 6) is 0. The number of benzene rings is 1. The van der Waals surface area contributed by atoms with Crippen LogP contribution in [-0.4, -0.2) is 44.1 Å². The topological polar surface area (TPSA) is 83.6 Å². The van der Waals surface area contributed by atoms with Crippen LogP contribution in [0.4, 0.5) is 0 Å². The molecular formula is C13H22N2O3S. The van der Waals surface area contributed by atoms with Gasteiger partial charge < -0.3 is 10.8 Å². The van der Waals surface area contributed by atoms with Crippen LogP contribution < -0.4 is 5.73 Å². The van der Waals surface area contributed by atoms with Crippen molar-refractivity contribution < 1.29 is 13.5 Å². The first kappa shape index (κ1) is 16.1. The first-order valence-electron chi connectivity index (χ1n) is 6.46. The van der Waals surface area contributed by atoms with Crippen molar-refractivity contribution in [1.82, 2.24) is 4.31 Å². The number of sulfonamides is 1. The Morgan fingerprint density at radius 3 is 2.32 bits per heavy atom. The fraction of sp³-hybridized carbons (Fsp3) is 0.538. The van der Waals surface area contributed by atoms with Crippen LogP contribution in [0.2, 0.25) is 0 Å². The van der Waals surface area contributed by atoms with Crippen LogP contribution in [0.1, 0.15) is 18.9 Å². The number of aliphatic hydroxyl groups excluding tert-OH is 1. The normalized spacial score (nSPS) is 12.0. The van der Waals surface area contributed by atoms with Crippen LogP contribution >= 0.6 is 0 Å². The Bertz CT molecular complexity index is 465. The summed E-state index contributed by atoms with van der Waals surface area (Å²) in [4.78, 5) is 0.259. The van der Waals surface area contributed by atoms with Gasteiger partial charge in [0.2, 0.25) is 10.0 Å². The summed E-state index contributed by atoms with van der Waals surface area (Å²) in [7, 11) is -3.51. The highest BCUT2D eigenvalue weighted by molar-refractivity contribution is 7.89. The van der Waals surface area contributed by atoms with Crippen molar-refractivity contribution >= 4 is 10.0 Å². The van der Waals surface area contributed by atoms with E-state index in [9.17, 15) is 8.42 Å². The molecular weight excluding hydrogens is 264 g/mol. The lowest BCUT2D eigenvalue weighted by Crippen LogP contribution is -2.34. The molecule has 0 bridgehead atoms. The predicted octanol–water partition coefficient (Wildman–Crippen LogP) is 0.581. The van der Waals surface area contributed by atoms with E-state index in [1.165, 1.54) is 4.31 Å². The molecule has 0 spiro atoms. The Balaban J connectivity index is 2.96. The zero-order valence-electron chi connectivity index (χ0n) is 11.2. The number of aliphatic hydroxyl groups is 1. The van der Waals surface area contributed by atoms with Gasteiger partial charge in [-0.1, -0.05) is 19.1 Å². The van der Waals surface area contributed by atoms with E-state index in [0.29, 0.717) is 19.5 Å². The van der Waals surface area contributed by atoms with E-state index in [1.54, 1.807) is 24.3 Å². The van der Waals surface area contributed by atoms with Crippen LogP contribution in [0.5, 0.6) is 0 Å². The van der Waals surface area contributed by atoms with Gasteiger partial charge in [-0.2, -0.15) is 4.31 Å². The fourth-order valence-electron chi connectivity index (χ4n) is 1.86. The van der Waals surface area contributed by atoms with Gasteiger partial charge in [-0.15, -0.1) is 0 Å². The second-order valence-corrected chi connectivity index (χ2v) is 6.25. The molecule has 1 aromatic carbocycles. The minimum atomic E-state index is -3.51. The van der Waals surface area contributed by atoms with Crippen molar-refractivity contribution in [3.8, 4) is 0 Å². The molecule has 0 saturated heterocycles. The summed E-state index contributed by atoms with van der Waals surface area (Å²) in [6, 6.07) is 6.76. The smallest absolute Gasteiger partial charge is 0.243 e. The average molecular weight is 286 g/mol. The van der Waals surface area contributed by atoms with Crippen LogP contribution in [0.3, 0.4) is 0 Å². The quantitative estimate of drug-likeness (QED) is 0.732. The lowest BCUT2D eigenvalue weighted by molar-refractivity contribution is 0.253. The van der Waals surface area contributed by atoms with Crippen molar-refractivity contribution in [2.75, 3.05) is 26.2 Å². The second-order valence-electron chi connectivity index (χ2n) is 4.31. The zero-order valence-corrected chi connectivity index (χ0v) is 12.1. The van der Waals surface area contributed by atoms with Gasteiger partial charge in [-0.25, -0.2) is 8.42 Å². The highest BCUT2D eigenvalue weighted by Gasteiger charge is 2.22. The number of nitrogens with zero attached hydrogens (tertiary/aromatic N) is 1. The lowest BCUT2D eigenvalue weighted by Gasteiger charge is -2.20. The maximum Gasteiger partial charge on any atom is 0.243 e. The Labute approximate surface area is 115 Å². The summed E-state index contributed by atoms with van der Waals surface area (Å²) in [6.07, 6.45) is 1.44. The van der Waals surface area contributed by atoms with E-state index in [4.69, 9.17) is 10.8 Å². The molecule has 0 unspecified atom stereocenters. The van der Waals surface area contributed by atoms with Gasteiger partial charge in [0.15, 0.2) is 0 Å². The molecule has 0 atom stereocenters. The summed E-state index contributed by atoms with van der Waals surface area (Å²) in [5.41, 5.74) is 6.48. The minimum absolute atomic E-state index is 0.126. The van der Waals surface area contributed by atoms with Gasteiger partial charge in [0.25, 0.3) is 0 Å². The zero-order chi connectivity index (χ0) is 14.3. The van der Waals surface area contributed by atoms with Crippen LogP contribution in [0.25, 0.3) is 0 Å². The molecule has 0 radical (unpaired) electrons. The predicted molar refractivity (Wildman–Crippen MR) is 75.3 cm³/mol. The third-order valence-corrected chi connectivity index (χ3v) is 4.73. The van der Waals surface area contributed by atoms with E-state index in [1.807, 2.05) is 6.92 Å². The van der Waals surface area contributed by atoms with Crippen molar-refractivity contribution in [2.45, 2.75) is 24.7 Å². The standard InChI is InChI=1S/C13H22N2O3S/c1-2-9-15(10-11-16)19(17,18)13-5-3-12(4-6-13)7-8-14/h3-6,16H,2,7-11,14H2,1H3. The van der Waals surface area contributed by atoms with Crippen molar-refractivity contribution in [3.05, 3.63) is 29.8 Å². The van der Waals surface area contributed by atoms with E-state index in [2.05, 4.69) is 0 Å². The summed E-state index contributed by atoms with van der Waals surface area (Å²) >= 11 is 0. The third-order valence-electron chi connectivity index (χ3n) is 2.82. The average Bonchev–Trinajstić information content (AvgIpc) is 2.39. The summed E-state index contributed by atoms with van der Waals surface area (Å²) in [5, 5.41) is 8.97. The molecule has 1 rings (SSSR count). The first-order valence-corrected chi connectivity index (χ1v) is 7.90. The fourth-order valence-corrected chi connectivity index (χ4v) is 3.38. The first-order chi connectivity index (χ1) is 9.06. The molecule has 6 heteroatoms. The molecule has 0 heterocycles. The number of hydrogen-bond donors (Lipinski definition) is 2. The molecule has 0 aromatic heterocycles. The Kier molecular flexibility index (Phi) is 6.44. The lowest BCUT2D eigenvalue weighted by atomic mass is 10.2. The second kappa shape index (κ2) is 7.59. The van der Waals surface area contributed by atoms with Gasteiger partial charge in [0.1, 0.15) is 0 Å². The van der Waals surface area contributed by atoms with Crippen LogP contribution in [0, 0.1) is 0 Å². The molecule has 108 valence electrons. The molecule has 0 saturated carbocycles. The Morgan fingerprint density at radius 2 is 1.84 bits per heavy atom. The van der Waals surface area contributed by atoms with Gasteiger partial charge in [-0.3, -0.25) is 0 Å². The molecule has 0 aliphatic rings. The van der Waals surface area contributed by atoms with E-state index < -0.39 is 10.0 Å². The van der Waals surface area contributed by atoms with Gasteiger partial charge >= 0.3 is 0 Å². The van der Waals surface area contributed by atoms with Crippen molar-refractivity contribution in [2.24, 2.45) is 5.73 Å². The maximum absolute atomic E-state index is 12.4. The Hall–Kier alpha value is -0.950. The maximum atomic E-state index is 12.4. The SMILES string of the molecule is CCCN(CCO)S(=O)(=O)c1ccc(CCN)cc1.